The minimum atomic E-state index is -0.792. The molecule has 0 bridgehead atoms. The van der Waals surface area contributed by atoms with Crippen LogP contribution in [0, 0.1) is 10.1 Å². The van der Waals surface area contributed by atoms with Crippen LogP contribution in [0.1, 0.15) is 10.4 Å². The molecule has 0 aromatic heterocycles. The topological polar surface area (TPSA) is 78.7 Å². The van der Waals surface area contributed by atoms with Crippen molar-refractivity contribution in [1.29, 1.82) is 0 Å². The summed E-state index contributed by atoms with van der Waals surface area (Å²) in [6.45, 7) is 0. The SMILES string of the molecule is COC(=O)c1c(OC)cccc1[N+](=O)[O-]. The molecule has 0 fully saturated rings. The number of carbonyl (C=O) groups is 1. The standard InChI is InChI=1S/C9H9NO5/c1-14-7-5-3-4-6(10(12)13)8(7)9(11)15-2/h3-5H,1-2H3. The molecular weight excluding hydrogens is 202 g/mol. The highest BCUT2D eigenvalue weighted by Crippen LogP contribution is 2.28. The number of benzene rings is 1. The maximum absolute atomic E-state index is 11.3. The van der Waals surface area contributed by atoms with Crippen molar-refractivity contribution in [2.24, 2.45) is 0 Å². The molecule has 0 N–H and O–H groups in total. The van der Waals surface area contributed by atoms with Gasteiger partial charge in [0.25, 0.3) is 5.69 Å². The summed E-state index contributed by atoms with van der Waals surface area (Å²) in [4.78, 5) is 21.3. The summed E-state index contributed by atoms with van der Waals surface area (Å²) in [5.41, 5.74) is -0.506. The Morgan fingerprint density at radius 3 is 2.53 bits per heavy atom. The molecule has 1 aromatic carbocycles. The first kappa shape index (κ1) is 11.0. The third kappa shape index (κ3) is 2.04. The van der Waals surface area contributed by atoms with Gasteiger partial charge in [-0.3, -0.25) is 10.1 Å². The van der Waals surface area contributed by atoms with Gasteiger partial charge >= 0.3 is 5.97 Å². The first-order valence-electron chi connectivity index (χ1n) is 4.01. The number of carbonyl (C=O) groups excluding carboxylic acids is 1. The highest BCUT2D eigenvalue weighted by molar-refractivity contribution is 5.96. The Labute approximate surface area is 85.6 Å². The van der Waals surface area contributed by atoms with Crippen molar-refractivity contribution in [3.05, 3.63) is 33.9 Å². The predicted molar refractivity (Wildman–Crippen MR) is 51.0 cm³/mol. The predicted octanol–water partition coefficient (Wildman–Crippen LogP) is 1.39. The molecule has 6 heteroatoms. The zero-order chi connectivity index (χ0) is 11.4. The summed E-state index contributed by atoms with van der Waals surface area (Å²) in [7, 11) is 2.48. The van der Waals surface area contributed by atoms with Crippen LogP contribution in [-0.2, 0) is 4.74 Å². The van der Waals surface area contributed by atoms with Gasteiger partial charge in [0.15, 0.2) is 5.56 Å². The van der Waals surface area contributed by atoms with Gasteiger partial charge in [-0.1, -0.05) is 6.07 Å². The normalized spacial score (nSPS) is 9.47. The Bertz CT molecular complexity index is 401. The summed E-state index contributed by atoms with van der Waals surface area (Å²) >= 11 is 0. The van der Waals surface area contributed by atoms with Gasteiger partial charge in [-0.25, -0.2) is 4.79 Å². The molecule has 0 aliphatic carbocycles. The molecule has 0 spiro atoms. The van der Waals surface area contributed by atoms with E-state index < -0.39 is 10.9 Å². The van der Waals surface area contributed by atoms with Crippen LogP contribution in [-0.4, -0.2) is 25.1 Å². The van der Waals surface area contributed by atoms with E-state index in [0.29, 0.717) is 0 Å². The summed E-state index contributed by atoms with van der Waals surface area (Å²) in [6.07, 6.45) is 0. The number of ether oxygens (including phenoxy) is 2. The number of nitro groups is 1. The number of hydrogen-bond donors (Lipinski definition) is 0. The number of nitrogens with zero attached hydrogens (tertiary/aromatic N) is 1. The van der Waals surface area contributed by atoms with E-state index in [1.807, 2.05) is 0 Å². The van der Waals surface area contributed by atoms with Gasteiger partial charge in [0.1, 0.15) is 5.75 Å². The molecule has 1 rings (SSSR count). The second kappa shape index (κ2) is 4.41. The number of nitro benzene ring substituents is 1. The average molecular weight is 211 g/mol. The van der Waals surface area contributed by atoms with E-state index in [4.69, 9.17) is 4.74 Å². The van der Waals surface area contributed by atoms with Gasteiger partial charge in [-0.05, 0) is 6.07 Å². The van der Waals surface area contributed by atoms with Crippen LogP contribution in [0.4, 0.5) is 5.69 Å². The van der Waals surface area contributed by atoms with Crippen molar-refractivity contribution in [2.75, 3.05) is 14.2 Å². The molecule has 0 aliphatic rings. The van der Waals surface area contributed by atoms with Crippen molar-refractivity contribution in [2.45, 2.75) is 0 Å². The van der Waals surface area contributed by atoms with Crippen LogP contribution in [0.15, 0.2) is 18.2 Å². The fourth-order valence-corrected chi connectivity index (χ4v) is 1.15. The maximum Gasteiger partial charge on any atom is 0.348 e. The lowest BCUT2D eigenvalue weighted by atomic mass is 10.1. The molecule has 0 unspecified atom stereocenters. The van der Waals surface area contributed by atoms with E-state index in [0.717, 1.165) is 7.11 Å². The zero-order valence-electron chi connectivity index (χ0n) is 8.22. The van der Waals surface area contributed by atoms with Crippen LogP contribution in [0.3, 0.4) is 0 Å². The van der Waals surface area contributed by atoms with E-state index in [1.54, 1.807) is 0 Å². The Morgan fingerprint density at radius 1 is 1.40 bits per heavy atom. The Balaban J connectivity index is 3.40. The lowest BCUT2D eigenvalue weighted by molar-refractivity contribution is -0.385. The summed E-state index contributed by atoms with van der Waals surface area (Å²) in [6, 6.07) is 4.11. The van der Waals surface area contributed by atoms with E-state index in [9.17, 15) is 14.9 Å². The smallest absolute Gasteiger partial charge is 0.348 e. The minimum absolute atomic E-state index is 0.121. The summed E-state index contributed by atoms with van der Waals surface area (Å²) in [5.74, 6) is -0.671. The molecule has 0 atom stereocenters. The van der Waals surface area contributed by atoms with Gasteiger partial charge < -0.3 is 9.47 Å². The van der Waals surface area contributed by atoms with Gasteiger partial charge in [0.2, 0.25) is 0 Å². The molecule has 15 heavy (non-hydrogen) atoms. The van der Waals surface area contributed by atoms with Gasteiger partial charge in [0.05, 0.1) is 19.1 Å². The number of esters is 1. The molecule has 0 amide bonds. The van der Waals surface area contributed by atoms with Crippen LogP contribution < -0.4 is 4.74 Å². The fourth-order valence-electron chi connectivity index (χ4n) is 1.15. The van der Waals surface area contributed by atoms with E-state index in [-0.39, 0.29) is 17.0 Å². The third-order valence-electron chi connectivity index (χ3n) is 1.81. The lowest BCUT2D eigenvalue weighted by Gasteiger charge is -2.06. The molecule has 0 radical (unpaired) electrons. The number of hydrogen-bond acceptors (Lipinski definition) is 5. The second-order valence-electron chi connectivity index (χ2n) is 2.60. The van der Waals surface area contributed by atoms with Gasteiger partial charge in [0, 0.05) is 6.07 Å². The minimum Gasteiger partial charge on any atom is -0.496 e. The second-order valence-corrected chi connectivity index (χ2v) is 2.60. The van der Waals surface area contributed by atoms with Gasteiger partial charge in [-0.2, -0.15) is 0 Å². The average Bonchev–Trinajstić information content (AvgIpc) is 2.26. The molecule has 0 heterocycles. The molecule has 80 valence electrons. The number of methoxy groups -OCH3 is 2. The van der Waals surface area contributed by atoms with Crippen molar-refractivity contribution < 1.29 is 19.2 Å². The van der Waals surface area contributed by atoms with E-state index >= 15 is 0 Å². The molecule has 0 aliphatic heterocycles. The quantitative estimate of drug-likeness (QED) is 0.428. The summed E-state index contributed by atoms with van der Waals surface area (Å²) in [5, 5.41) is 10.7. The molecule has 1 aromatic rings. The molecule has 6 nitrogen and oxygen atoms in total. The first-order valence-corrected chi connectivity index (χ1v) is 4.01. The monoisotopic (exact) mass is 211 g/mol. The largest absolute Gasteiger partial charge is 0.496 e. The van der Waals surface area contributed by atoms with Crippen molar-refractivity contribution >= 4 is 11.7 Å². The van der Waals surface area contributed by atoms with Crippen molar-refractivity contribution in [1.82, 2.24) is 0 Å². The zero-order valence-corrected chi connectivity index (χ0v) is 8.22. The maximum atomic E-state index is 11.3. The van der Waals surface area contributed by atoms with Crippen LogP contribution in [0.2, 0.25) is 0 Å². The Hall–Kier alpha value is -2.11. The van der Waals surface area contributed by atoms with Gasteiger partial charge in [-0.15, -0.1) is 0 Å². The first-order chi connectivity index (χ1) is 7.11. The molecular formula is C9H9NO5. The highest BCUT2D eigenvalue weighted by Gasteiger charge is 2.25. The highest BCUT2D eigenvalue weighted by atomic mass is 16.6. The van der Waals surface area contributed by atoms with E-state index in [2.05, 4.69) is 4.74 Å². The van der Waals surface area contributed by atoms with Crippen molar-refractivity contribution in [3.8, 4) is 5.75 Å². The van der Waals surface area contributed by atoms with Crippen LogP contribution >= 0.6 is 0 Å². The number of rotatable bonds is 3. The third-order valence-corrected chi connectivity index (χ3v) is 1.81. The van der Waals surface area contributed by atoms with Crippen LogP contribution in [0.5, 0.6) is 5.75 Å². The fraction of sp³-hybridized carbons (Fsp3) is 0.222. The Kier molecular flexibility index (Phi) is 3.22. The van der Waals surface area contributed by atoms with Crippen molar-refractivity contribution in [3.63, 3.8) is 0 Å². The van der Waals surface area contributed by atoms with Crippen LogP contribution in [0.25, 0.3) is 0 Å². The lowest BCUT2D eigenvalue weighted by Crippen LogP contribution is -2.07. The van der Waals surface area contributed by atoms with E-state index in [1.165, 1.54) is 25.3 Å². The Morgan fingerprint density at radius 2 is 2.07 bits per heavy atom. The molecule has 0 saturated heterocycles. The molecule has 0 saturated carbocycles. The summed E-state index contributed by atoms with van der Waals surface area (Å²) < 4.78 is 9.30.